The van der Waals surface area contributed by atoms with E-state index in [1.165, 1.54) is 0 Å². The van der Waals surface area contributed by atoms with Crippen molar-refractivity contribution in [3.63, 3.8) is 0 Å². The summed E-state index contributed by atoms with van der Waals surface area (Å²) < 4.78 is 10.3. The fourth-order valence-corrected chi connectivity index (χ4v) is 1.66. The zero-order chi connectivity index (χ0) is 18.0. The molecular weight excluding hydrogens is 302 g/mol. The molecule has 0 aliphatic rings. The molecule has 130 valence electrons. The lowest BCUT2D eigenvalue weighted by atomic mass is 10.3. The van der Waals surface area contributed by atoms with Gasteiger partial charge in [0, 0.05) is 23.5 Å². The van der Waals surface area contributed by atoms with Gasteiger partial charge in [0.05, 0.1) is 13.6 Å². The number of carbonyl (C=O) groups excluding carboxylic acids is 3. The van der Waals surface area contributed by atoms with Gasteiger partial charge in [0.1, 0.15) is 26.3 Å². The molecule has 0 spiro atoms. The summed E-state index contributed by atoms with van der Waals surface area (Å²) in [4.78, 5) is 33.4. The average Bonchev–Trinajstić information content (AvgIpc) is 2.44. The van der Waals surface area contributed by atoms with Gasteiger partial charge in [-0.05, 0) is 13.8 Å². The molecule has 0 aliphatic heterocycles. The van der Waals surface area contributed by atoms with E-state index in [0.29, 0.717) is 24.2 Å². The van der Waals surface area contributed by atoms with Gasteiger partial charge in [-0.1, -0.05) is 13.2 Å². The van der Waals surface area contributed by atoms with E-state index in [9.17, 15) is 19.5 Å². The zero-order valence-electron chi connectivity index (χ0n) is 14.1. The number of carboxylic acid groups (broad SMARTS) is 1. The molecule has 7 heteroatoms. The number of likely N-dealkylation sites (N-methyl/N-ethyl adjacent to an activating group) is 1. The SMILES string of the molecule is C=C(C)C(=O)OCC[N+](C)(CCOC(=O)C(=C)C)CCC(=O)[O-]. The Bertz CT molecular complexity index is 451. The van der Waals surface area contributed by atoms with Crippen molar-refractivity contribution in [3.8, 4) is 0 Å². The number of carbonyl (C=O) groups is 3. The van der Waals surface area contributed by atoms with Crippen molar-refractivity contribution >= 4 is 17.9 Å². The fraction of sp³-hybridized carbons (Fsp3) is 0.562. The van der Waals surface area contributed by atoms with Crippen molar-refractivity contribution in [2.75, 3.05) is 39.9 Å². The van der Waals surface area contributed by atoms with Crippen LogP contribution in [0.25, 0.3) is 0 Å². The molecule has 0 saturated carbocycles. The normalized spacial score (nSPS) is 10.7. The van der Waals surface area contributed by atoms with E-state index >= 15 is 0 Å². The number of esters is 2. The Morgan fingerprint density at radius 2 is 1.30 bits per heavy atom. The topological polar surface area (TPSA) is 92.7 Å². The Labute approximate surface area is 136 Å². The molecule has 23 heavy (non-hydrogen) atoms. The average molecular weight is 327 g/mol. The molecule has 7 nitrogen and oxygen atoms in total. The summed E-state index contributed by atoms with van der Waals surface area (Å²) in [5, 5.41) is 10.7. The van der Waals surface area contributed by atoms with Crippen molar-refractivity contribution in [1.82, 2.24) is 0 Å². The quantitative estimate of drug-likeness (QED) is 0.297. The lowest BCUT2D eigenvalue weighted by Gasteiger charge is -2.34. The minimum absolute atomic E-state index is 0.115. The van der Waals surface area contributed by atoms with E-state index in [2.05, 4.69) is 13.2 Å². The molecule has 0 saturated heterocycles. The smallest absolute Gasteiger partial charge is 0.333 e. The Morgan fingerprint density at radius 3 is 1.61 bits per heavy atom. The van der Waals surface area contributed by atoms with Crippen LogP contribution in [0.2, 0.25) is 0 Å². The third kappa shape index (κ3) is 9.46. The van der Waals surface area contributed by atoms with E-state index in [0.717, 1.165) is 0 Å². The first-order valence-corrected chi connectivity index (χ1v) is 7.26. The summed E-state index contributed by atoms with van der Waals surface area (Å²) in [6, 6.07) is 0. The number of hydrogen-bond donors (Lipinski definition) is 0. The Balaban J connectivity index is 4.52. The highest BCUT2D eigenvalue weighted by atomic mass is 16.5. The van der Waals surface area contributed by atoms with Crippen LogP contribution in [0.5, 0.6) is 0 Å². The number of aliphatic carboxylic acids is 1. The molecule has 0 atom stereocenters. The molecule has 0 aromatic rings. The number of carboxylic acids is 1. The van der Waals surface area contributed by atoms with Crippen LogP contribution in [-0.4, -0.2) is 62.3 Å². The minimum atomic E-state index is -1.16. The highest BCUT2D eigenvalue weighted by Crippen LogP contribution is 2.06. The van der Waals surface area contributed by atoms with E-state index in [1.807, 2.05) is 0 Å². The first-order chi connectivity index (χ1) is 10.6. The number of nitrogens with zero attached hydrogens (tertiary/aromatic N) is 1. The molecule has 0 aliphatic carbocycles. The Morgan fingerprint density at radius 1 is 0.913 bits per heavy atom. The summed E-state index contributed by atoms with van der Waals surface area (Å²) in [6.45, 7) is 11.3. The first kappa shape index (κ1) is 20.9. The highest BCUT2D eigenvalue weighted by molar-refractivity contribution is 5.87. The Hall–Kier alpha value is -2.15. The van der Waals surface area contributed by atoms with Gasteiger partial charge < -0.3 is 23.9 Å². The van der Waals surface area contributed by atoms with E-state index < -0.39 is 17.9 Å². The molecule has 0 rings (SSSR count). The van der Waals surface area contributed by atoms with Crippen LogP contribution in [-0.2, 0) is 23.9 Å². The third-order valence-electron chi connectivity index (χ3n) is 3.28. The zero-order valence-corrected chi connectivity index (χ0v) is 14.1. The highest BCUT2D eigenvalue weighted by Gasteiger charge is 2.23. The summed E-state index contributed by atoms with van der Waals surface area (Å²) in [5.74, 6) is -2.15. The van der Waals surface area contributed by atoms with Gasteiger partial charge in [-0.2, -0.15) is 0 Å². The lowest BCUT2D eigenvalue weighted by Crippen LogP contribution is -2.50. The largest absolute Gasteiger partial charge is 0.550 e. The van der Waals surface area contributed by atoms with Gasteiger partial charge in [-0.3, -0.25) is 0 Å². The standard InChI is InChI=1S/C16H25NO6/c1-12(2)15(20)22-10-8-17(5,7-6-14(18)19)9-11-23-16(21)13(3)4/h1,3,6-11H2,2,4-5H3. The third-order valence-corrected chi connectivity index (χ3v) is 3.28. The molecule has 0 aromatic carbocycles. The van der Waals surface area contributed by atoms with Crippen molar-refractivity contribution in [1.29, 1.82) is 0 Å². The van der Waals surface area contributed by atoms with Crippen LogP contribution in [0.4, 0.5) is 0 Å². The van der Waals surface area contributed by atoms with Gasteiger partial charge >= 0.3 is 11.9 Å². The summed E-state index contributed by atoms with van der Waals surface area (Å²) in [6.07, 6.45) is -0.140. The maximum Gasteiger partial charge on any atom is 0.333 e. The van der Waals surface area contributed by atoms with Gasteiger partial charge in [-0.15, -0.1) is 0 Å². The second-order valence-corrected chi connectivity index (χ2v) is 5.74. The van der Waals surface area contributed by atoms with Gasteiger partial charge in [0.25, 0.3) is 0 Å². The van der Waals surface area contributed by atoms with Crippen LogP contribution in [0.15, 0.2) is 24.3 Å². The van der Waals surface area contributed by atoms with Crippen LogP contribution < -0.4 is 5.11 Å². The van der Waals surface area contributed by atoms with Gasteiger partial charge in [-0.25, -0.2) is 9.59 Å². The maximum absolute atomic E-state index is 11.4. The number of quaternary nitrogens is 1. The summed E-state index contributed by atoms with van der Waals surface area (Å²) in [7, 11) is 1.80. The fourth-order valence-electron chi connectivity index (χ4n) is 1.66. The Kier molecular flexibility index (Phi) is 8.87. The maximum atomic E-state index is 11.4. The van der Waals surface area contributed by atoms with E-state index in [4.69, 9.17) is 9.47 Å². The van der Waals surface area contributed by atoms with E-state index in [-0.39, 0.29) is 30.7 Å². The van der Waals surface area contributed by atoms with Crippen molar-refractivity contribution in [3.05, 3.63) is 24.3 Å². The van der Waals surface area contributed by atoms with Crippen molar-refractivity contribution < 1.29 is 33.4 Å². The van der Waals surface area contributed by atoms with Crippen LogP contribution in [0.3, 0.4) is 0 Å². The molecule has 0 fully saturated rings. The van der Waals surface area contributed by atoms with E-state index in [1.54, 1.807) is 20.9 Å². The summed E-state index contributed by atoms with van der Waals surface area (Å²) in [5.41, 5.74) is 0.591. The van der Waals surface area contributed by atoms with Crippen molar-refractivity contribution in [2.24, 2.45) is 0 Å². The number of rotatable bonds is 11. The van der Waals surface area contributed by atoms with Gasteiger partial charge in [0.15, 0.2) is 0 Å². The minimum Gasteiger partial charge on any atom is -0.550 e. The number of hydrogen-bond acceptors (Lipinski definition) is 6. The molecule has 0 aromatic heterocycles. The molecule has 0 bridgehead atoms. The van der Waals surface area contributed by atoms with Gasteiger partial charge in [0.2, 0.25) is 0 Å². The molecule has 0 N–H and O–H groups in total. The molecule has 0 radical (unpaired) electrons. The van der Waals surface area contributed by atoms with Crippen LogP contribution in [0, 0.1) is 0 Å². The molecule has 0 amide bonds. The van der Waals surface area contributed by atoms with Crippen LogP contribution >= 0.6 is 0 Å². The predicted molar refractivity (Wildman–Crippen MR) is 82.0 cm³/mol. The second kappa shape index (κ2) is 9.78. The predicted octanol–water partition coefficient (Wildman–Crippen LogP) is -0.188. The molecular formula is C16H25NO6. The summed E-state index contributed by atoms with van der Waals surface area (Å²) >= 11 is 0. The first-order valence-electron chi connectivity index (χ1n) is 7.26. The number of ether oxygens (including phenoxy) is 2. The second-order valence-electron chi connectivity index (χ2n) is 5.74. The monoisotopic (exact) mass is 327 g/mol. The lowest BCUT2D eigenvalue weighted by molar-refractivity contribution is -0.909. The molecule has 0 unspecified atom stereocenters. The van der Waals surface area contributed by atoms with Crippen LogP contribution in [0.1, 0.15) is 20.3 Å². The van der Waals surface area contributed by atoms with Crippen molar-refractivity contribution in [2.45, 2.75) is 20.3 Å². The molecule has 0 heterocycles.